The highest BCUT2D eigenvalue weighted by Gasteiger charge is 2.11. The first-order chi connectivity index (χ1) is 9.08. The molecule has 5 heteroatoms. The third-order valence-corrected chi connectivity index (χ3v) is 3.08. The summed E-state index contributed by atoms with van der Waals surface area (Å²) in [4.78, 5) is 23.6. The molecule has 0 fully saturated rings. The number of aliphatic hydroxyl groups excluding tert-OH is 1. The maximum absolute atomic E-state index is 12.2. The van der Waals surface area contributed by atoms with E-state index in [0.29, 0.717) is 28.7 Å². The van der Waals surface area contributed by atoms with E-state index in [2.05, 4.69) is 5.10 Å². The Balaban J connectivity index is 2.78. The van der Waals surface area contributed by atoms with Gasteiger partial charge in [-0.05, 0) is 26.0 Å². The van der Waals surface area contributed by atoms with Crippen LogP contribution in [0, 0.1) is 0 Å². The third kappa shape index (κ3) is 2.42. The van der Waals surface area contributed by atoms with Crippen molar-refractivity contribution in [3.05, 3.63) is 39.7 Å². The zero-order valence-electron chi connectivity index (χ0n) is 11.0. The van der Waals surface area contributed by atoms with Gasteiger partial charge in [0.25, 0.3) is 0 Å². The minimum absolute atomic E-state index is 0.0450. The predicted molar refractivity (Wildman–Crippen MR) is 72.5 cm³/mol. The van der Waals surface area contributed by atoms with Crippen molar-refractivity contribution in [1.82, 2.24) is 9.78 Å². The van der Waals surface area contributed by atoms with E-state index in [1.54, 1.807) is 22.9 Å². The van der Waals surface area contributed by atoms with E-state index in [1.165, 1.54) is 6.92 Å². The molecule has 0 spiro atoms. The first-order valence-electron chi connectivity index (χ1n) is 6.24. The molecule has 0 aliphatic heterocycles. The van der Waals surface area contributed by atoms with Crippen LogP contribution in [0.25, 0.3) is 10.9 Å². The van der Waals surface area contributed by atoms with E-state index in [1.807, 2.05) is 6.92 Å². The number of hydrogen-bond donors (Lipinski definition) is 1. The summed E-state index contributed by atoms with van der Waals surface area (Å²) >= 11 is 0. The zero-order chi connectivity index (χ0) is 14.0. The standard InChI is InChI=1S/C14H16N2O3/c1-3-16-13-8-10(9(2)18)4-5-11(13)14(19)12(15-16)6-7-17/h4-5,8,17H,3,6-7H2,1-2H3. The largest absolute Gasteiger partial charge is 0.396 e. The van der Waals surface area contributed by atoms with Crippen LogP contribution in [0.3, 0.4) is 0 Å². The van der Waals surface area contributed by atoms with E-state index in [0.717, 1.165) is 0 Å². The average Bonchev–Trinajstić information content (AvgIpc) is 2.41. The fraction of sp³-hybridized carbons (Fsp3) is 0.357. The SMILES string of the molecule is CCn1nc(CCO)c(=O)c2ccc(C(C)=O)cc21. The van der Waals surface area contributed by atoms with Crippen LogP contribution in [0.15, 0.2) is 23.0 Å². The monoisotopic (exact) mass is 260 g/mol. The molecule has 1 aromatic carbocycles. The van der Waals surface area contributed by atoms with Gasteiger partial charge in [0.05, 0.1) is 5.52 Å². The van der Waals surface area contributed by atoms with Crippen molar-refractivity contribution in [3.8, 4) is 0 Å². The van der Waals surface area contributed by atoms with Crippen LogP contribution in [0.4, 0.5) is 0 Å². The predicted octanol–water partition coefficient (Wildman–Crippen LogP) is 1.15. The summed E-state index contributed by atoms with van der Waals surface area (Å²) in [7, 11) is 0. The molecule has 0 saturated heterocycles. The fourth-order valence-electron chi connectivity index (χ4n) is 2.07. The second kappa shape index (κ2) is 5.32. The number of fused-ring (bicyclic) bond motifs is 1. The van der Waals surface area contributed by atoms with Crippen molar-refractivity contribution in [1.29, 1.82) is 0 Å². The lowest BCUT2D eigenvalue weighted by Gasteiger charge is -2.10. The molecule has 100 valence electrons. The van der Waals surface area contributed by atoms with Crippen molar-refractivity contribution >= 4 is 16.7 Å². The van der Waals surface area contributed by atoms with Gasteiger partial charge in [-0.3, -0.25) is 14.3 Å². The molecule has 5 nitrogen and oxygen atoms in total. The van der Waals surface area contributed by atoms with Crippen LogP contribution in [0.2, 0.25) is 0 Å². The first kappa shape index (κ1) is 13.4. The van der Waals surface area contributed by atoms with E-state index in [9.17, 15) is 9.59 Å². The second-order valence-electron chi connectivity index (χ2n) is 4.35. The van der Waals surface area contributed by atoms with Gasteiger partial charge < -0.3 is 5.11 Å². The quantitative estimate of drug-likeness (QED) is 0.837. The third-order valence-electron chi connectivity index (χ3n) is 3.08. The van der Waals surface area contributed by atoms with Crippen LogP contribution < -0.4 is 5.43 Å². The van der Waals surface area contributed by atoms with Gasteiger partial charge in [0.1, 0.15) is 5.69 Å². The Kier molecular flexibility index (Phi) is 3.76. The molecule has 0 unspecified atom stereocenters. The summed E-state index contributed by atoms with van der Waals surface area (Å²) in [6.45, 7) is 3.89. The molecule has 2 aromatic rings. The van der Waals surface area contributed by atoms with Crippen LogP contribution >= 0.6 is 0 Å². The summed E-state index contributed by atoms with van der Waals surface area (Å²) in [6.07, 6.45) is 0.239. The first-order valence-corrected chi connectivity index (χ1v) is 6.24. The molecular weight excluding hydrogens is 244 g/mol. The molecule has 1 aromatic heterocycles. The molecule has 0 aliphatic rings. The Morgan fingerprint density at radius 1 is 1.42 bits per heavy atom. The molecule has 0 saturated carbocycles. The number of hydrogen-bond acceptors (Lipinski definition) is 4. The van der Waals surface area contributed by atoms with Crippen LogP contribution in [0.5, 0.6) is 0 Å². The van der Waals surface area contributed by atoms with Crippen molar-refractivity contribution in [2.45, 2.75) is 26.8 Å². The fourth-order valence-corrected chi connectivity index (χ4v) is 2.07. The van der Waals surface area contributed by atoms with Crippen molar-refractivity contribution < 1.29 is 9.90 Å². The van der Waals surface area contributed by atoms with Gasteiger partial charge in [0, 0.05) is 30.5 Å². The maximum Gasteiger partial charge on any atom is 0.211 e. The molecule has 0 radical (unpaired) electrons. The lowest BCUT2D eigenvalue weighted by Crippen LogP contribution is -2.20. The molecule has 0 bridgehead atoms. The number of carbonyl (C=O) groups is 1. The maximum atomic E-state index is 12.2. The lowest BCUT2D eigenvalue weighted by atomic mass is 10.1. The van der Waals surface area contributed by atoms with Gasteiger partial charge in [0.2, 0.25) is 5.43 Å². The topological polar surface area (TPSA) is 72.2 Å². The Labute approximate surface area is 110 Å². The Bertz CT molecular complexity index is 689. The van der Waals surface area contributed by atoms with Gasteiger partial charge >= 0.3 is 0 Å². The highest BCUT2D eigenvalue weighted by atomic mass is 16.3. The number of Topliss-reactive ketones (excluding diaryl/α,β-unsaturated/α-hetero) is 1. The summed E-state index contributed by atoms with van der Waals surface area (Å²) in [5.74, 6) is -0.0450. The van der Waals surface area contributed by atoms with E-state index >= 15 is 0 Å². The van der Waals surface area contributed by atoms with Crippen LogP contribution in [-0.4, -0.2) is 27.3 Å². The van der Waals surface area contributed by atoms with Gasteiger partial charge in [-0.25, -0.2) is 0 Å². The normalized spacial score (nSPS) is 10.9. The molecule has 0 aliphatic carbocycles. The molecule has 0 atom stereocenters. The molecule has 0 amide bonds. The Morgan fingerprint density at radius 2 is 2.16 bits per heavy atom. The van der Waals surface area contributed by atoms with Crippen molar-refractivity contribution in [2.75, 3.05) is 6.61 Å². The molecule has 1 N–H and O–H groups in total. The van der Waals surface area contributed by atoms with Gasteiger partial charge in [-0.15, -0.1) is 0 Å². The number of aliphatic hydroxyl groups is 1. The number of nitrogens with zero attached hydrogens (tertiary/aromatic N) is 2. The van der Waals surface area contributed by atoms with E-state index in [-0.39, 0.29) is 24.2 Å². The summed E-state index contributed by atoms with van der Waals surface area (Å²) in [6, 6.07) is 5.00. The summed E-state index contributed by atoms with van der Waals surface area (Å²) < 4.78 is 1.69. The summed E-state index contributed by atoms with van der Waals surface area (Å²) in [5.41, 5.74) is 1.39. The highest BCUT2D eigenvalue weighted by molar-refractivity contribution is 5.97. The van der Waals surface area contributed by atoms with E-state index in [4.69, 9.17) is 5.11 Å². The highest BCUT2D eigenvalue weighted by Crippen LogP contribution is 2.13. The van der Waals surface area contributed by atoms with Crippen LogP contribution in [-0.2, 0) is 13.0 Å². The van der Waals surface area contributed by atoms with Gasteiger partial charge in [0.15, 0.2) is 5.78 Å². The molecule has 2 rings (SSSR count). The van der Waals surface area contributed by atoms with Crippen molar-refractivity contribution in [2.24, 2.45) is 0 Å². The number of ketones is 1. The second-order valence-corrected chi connectivity index (χ2v) is 4.35. The lowest BCUT2D eigenvalue weighted by molar-refractivity contribution is 0.101. The molecular formula is C14H16N2O3. The number of aryl methyl sites for hydroxylation is 1. The molecule has 19 heavy (non-hydrogen) atoms. The van der Waals surface area contributed by atoms with Crippen LogP contribution in [0.1, 0.15) is 29.9 Å². The van der Waals surface area contributed by atoms with Crippen molar-refractivity contribution in [3.63, 3.8) is 0 Å². The number of aromatic nitrogens is 2. The average molecular weight is 260 g/mol. The van der Waals surface area contributed by atoms with Gasteiger partial charge in [-0.2, -0.15) is 5.10 Å². The Morgan fingerprint density at radius 3 is 2.74 bits per heavy atom. The number of rotatable bonds is 4. The Hall–Kier alpha value is -2.01. The number of carbonyl (C=O) groups excluding carboxylic acids is 1. The summed E-state index contributed by atoms with van der Waals surface area (Å²) in [5, 5.41) is 13.7. The minimum Gasteiger partial charge on any atom is -0.396 e. The number of benzene rings is 1. The zero-order valence-corrected chi connectivity index (χ0v) is 11.0. The van der Waals surface area contributed by atoms with Gasteiger partial charge in [-0.1, -0.05) is 6.07 Å². The molecule has 1 heterocycles. The smallest absolute Gasteiger partial charge is 0.211 e. The van der Waals surface area contributed by atoms with E-state index < -0.39 is 0 Å². The minimum atomic E-state index is -0.177.